The highest BCUT2D eigenvalue weighted by molar-refractivity contribution is 5.98. The summed E-state index contributed by atoms with van der Waals surface area (Å²) in [7, 11) is 1.65. The molecule has 0 radical (unpaired) electrons. The fourth-order valence-electron chi connectivity index (χ4n) is 5.45. The Morgan fingerprint density at radius 3 is 2.85 bits per heavy atom. The van der Waals surface area contributed by atoms with Crippen molar-refractivity contribution in [1.82, 2.24) is 20.4 Å². The first-order valence-corrected chi connectivity index (χ1v) is 11.9. The van der Waals surface area contributed by atoms with Gasteiger partial charge in [-0.25, -0.2) is 0 Å². The quantitative estimate of drug-likeness (QED) is 0.638. The lowest BCUT2D eigenvalue weighted by Gasteiger charge is -2.26. The summed E-state index contributed by atoms with van der Waals surface area (Å²) in [5, 5.41) is 8.08. The molecule has 1 saturated carbocycles. The molecule has 1 saturated heterocycles. The van der Waals surface area contributed by atoms with E-state index in [9.17, 15) is 9.59 Å². The number of aromatic nitrogens is 2. The highest BCUT2D eigenvalue weighted by Gasteiger charge is 2.46. The van der Waals surface area contributed by atoms with Gasteiger partial charge in [0.05, 0.1) is 16.6 Å². The Hall–Kier alpha value is -3.22. The van der Waals surface area contributed by atoms with Crippen molar-refractivity contribution in [2.45, 2.75) is 50.9 Å². The molecule has 3 heterocycles. The van der Waals surface area contributed by atoms with Gasteiger partial charge in [-0.15, -0.1) is 0 Å². The summed E-state index contributed by atoms with van der Waals surface area (Å²) in [6.45, 7) is 0.886. The number of fused-ring (bicyclic) bond motifs is 1. The largest absolute Gasteiger partial charge is 0.361 e. The number of benzene rings is 1. The van der Waals surface area contributed by atoms with Crippen LogP contribution in [0.5, 0.6) is 0 Å². The van der Waals surface area contributed by atoms with Crippen LogP contribution in [0.15, 0.2) is 47.1 Å². The molecule has 1 aromatic carbocycles. The Morgan fingerprint density at radius 2 is 2.03 bits per heavy atom. The van der Waals surface area contributed by atoms with Crippen molar-refractivity contribution in [3.8, 4) is 0 Å². The first kappa shape index (κ1) is 21.6. The van der Waals surface area contributed by atoms with Crippen molar-refractivity contribution in [3.63, 3.8) is 0 Å². The number of amides is 2. The Balaban J connectivity index is 1.34. The smallest absolute Gasteiger partial charge is 0.253 e. The average molecular weight is 447 g/mol. The van der Waals surface area contributed by atoms with Crippen LogP contribution in [0.4, 0.5) is 0 Å². The Labute approximate surface area is 193 Å². The number of pyridine rings is 1. The summed E-state index contributed by atoms with van der Waals surface area (Å²) in [6.07, 6.45) is 8.83. The summed E-state index contributed by atoms with van der Waals surface area (Å²) in [6, 6.07) is 11.4. The van der Waals surface area contributed by atoms with Crippen LogP contribution in [0.3, 0.4) is 0 Å². The maximum atomic E-state index is 13.3. The van der Waals surface area contributed by atoms with Crippen LogP contribution in [0.1, 0.15) is 66.3 Å². The summed E-state index contributed by atoms with van der Waals surface area (Å²) >= 11 is 0. The van der Waals surface area contributed by atoms with Gasteiger partial charge < -0.3 is 14.7 Å². The van der Waals surface area contributed by atoms with E-state index >= 15 is 0 Å². The third kappa shape index (κ3) is 4.24. The van der Waals surface area contributed by atoms with Gasteiger partial charge >= 0.3 is 0 Å². The molecular weight excluding hydrogens is 416 g/mol. The third-order valence-electron chi connectivity index (χ3n) is 7.31. The maximum absolute atomic E-state index is 13.3. The molecule has 5 rings (SSSR count). The monoisotopic (exact) mass is 446 g/mol. The molecule has 2 fully saturated rings. The van der Waals surface area contributed by atoms with E-state index in [4.69, 9.17) is 4.52 Å². The molecule has 1 aliphatic carbocycles. The fourth-order valence-corrected chi connectivity index (χ4v) is 5.45. The number of carbonyl (C=O) groups excluding carboxylic acids is 2. The van der Waals surface area contributed by atoms with Gasteiger partial charge in [-0.3, -0.25) is 14.6 Å². The van der Waals surface area contributed by atoms with Crippen molar-refractivity contribution in [2.24, 2.45) is 5.41 Å². The molecular formula is C26H30N4O3. The van der Waals surface area contributed by atoms with Crippen molar-refractivity contribution < 1.29 is 14.1 Å². The van der Waals surface area contributed by atoms with Gasteiger partial charge in [0.15, 0.2) is 0 Å². The highest BCUT2D eigenvalue weighted by Crippen LogP contribution is 2.37. The van der Waals surface area contributed by atoms with E-state index < -0.39 is 5.41 Å². The first-order chi connectivity index (χ1) is 16.1. The zero-order chi connectivity index (χ0) is 22.8. The number of nitrogens with one attached hydrogen (secondary N) is 1. The van der Waals surface area contributed by atoms with E-state index in [1.807, 2.05) is 36.4 Å². The molecule has 3 aromatic rings. The predicted molar refractivity (Wildman–Crippen MR) is 125 cm³/mol. The number of carbonyl (C=O) groups is 2. The number of likely N-dealkylation sites (tertiary alicyclic amines) is 1. The maximum Gasteiger partial charge on any atom is 0.253 e. The minimum atomic E-state index is -0.716. The molecule has 2 aliphatic rings. The second-order valence-electron chi connectivity index (χ2n) is 9.48. The standard InChI is InChI=1S/C26H30N4O3/c1-27-25(32)26(16-21-15-23(29-33-21)18-6-3-2-4-7-18)11-13-30(17-26)24(31)20-9-10-22-19(14-20)8-5-12-28-22/h5,8-10,12,14-15,18H,2-4,6-7,11,13,16-17H2,1H3,(H,27,32). The van der Waals surface area contributed by atoms with Crippen LogP contribution in [0.25, 0.3) is 10.9 Å². The van der Waals surface area contributed by atoms with Gasteiger partial charge in [-0.1, -0.05) is 30.5 Å². The van der Waals surface area contributed by atoms with Crippen LogP contribution >= 0.6 is 0 Å². The van der Waals surface area contributed by atoms with Crippen LogP contribution < -0.4 is 5.32 Å². The second-order valence-corrected chi connectivity index (χ2v) is 9.48. The molecule has 33 heavy (non-hydrogen) atoms. The molecule has 172 valence electrons. The summed E-state index contributed by atoms with van der Waals surface area (Å²) < 4.78 is 5.69. The average Bonchev–Trinajstić information content (AvgIpc) is 3.52. The Bertz CT molecular complexity index is 1170. The summed E-state index contributed by atoms with van der Waals surface area (Å²) in [4.78, 5) is 32.4. The lowest BCUT2D eigenvalue weighted by molar-refractivity contribution is -0.130. The van der Waals surface area contributed by atoms with Crippen molar-refractivity contribution >= 4 is 22.7 Å². The van der Waals surface area contributed by atoms with Crippen LogP contribution in [-0.2, 0) is 11.2 Å². The molecule has 7 nitrogen and oxygen atoms in total. The van der Waals surface area contributed by atoms with Crippen molar-refractivity contribution in [1.29, 1.82) is 0 Å². The molecule has 2 aromatic heterocycles. The Morgan fingerprint density at radius 1 is 1.18 bits per heavy atom. The number of nitrogens with zero attached hydrogens (tertiary/aromatic N) is 3. The molecule has 0 bridgehead atoms. The number of hydrogen-bond donors (Lipinski definition) is 1. The van der Waals surface area contributed by atoms with Gasteiger partial charge in [-0.2, -0.15) is 0 Å². The lowest BCUT2D eigenvalue weighted by Crippen LogP contribution is -2.44. The molecule has 0 spiro atoms. The normalized spacial score (nSPS) is 21.4. The van der Waals surface area contributed by atoms with E-state index in [0.29, 0.717) is 37.4 Å². The second kappa shape index (κ2) is 8.96. The lowest BCUT2D eigenvalue weighted by atomic mass is 9.81. The van der Waals surface area contributed by atoms with Gasteiger partial charge in [0.1, 0.15) is 5.76 Å². The van der Waals surface area contributed by atoms with E-state index in [-0.39, 0.29) is 11.8 Å². The third-order valence-corrected chi connectivity index (χ3v) is 7.31. The topological polar surface area (TPSA) is 88.3 Å². The summed E-state index contributed by atoms with van der Waals surface area (Å²) in [5.74, 6) is 1.06. The molecule has 1 N–H and O–H groups in total. The zero-order valence-corrected chi connectivity index (χ0v) is 19.0. The zero-order valence-electron chi connectivity index (χ0n) is 19.0. The van der Waals surface area contributed by atoms with E-state index in [1.54, 1.807) is 18.1 Å². The van der Waals surface area contributed by atoms with Crippen LogP contribution in [-0.4, -0.2) is 47.0 Å². The number of hydrogen-bond acceptors (Lipinski definition) is 5. The van der Waals surface area contributed by atoms with Crippen LogP contribution in [0.2, 0.25) is 0 Å². The fraction of sp³-hybridized carbons (Fsp3) is 0.462. The first-order valence-electron chi connectivity index (χ1n) is 11.9. The van der Waals surface area contributed by atoms with Crippen LogP contribution in [0, 0.1) is 5.41 Å². The molecule has 1 aliphatic heterocycles. The van der Waals surface area contributed by atoms with Gasteiger partial charge in [0, 0.05) is 55.7 Å². The van der Waals surface area contributed by atoms with Gasteiger partial charge in [-0.05, 0) is 43.5 Å². The van der Waals surface area contributed by atoms with Gasteiger partial charge in [0.2, 0.25) is 5.91 Å². The highest BCUT2D eigenvalue weighted by atomic mass is 16.5. The Kier molecular flexibility index (Phi) is 5.87. The molecule has 1 unspecified atom stereocenters. The van der Waals surface area contributed by atoms with E-state index in [2.05, 4.69) is 15.5 Å². The minimum Gasteiger partial charge on any atom is -0.361 e. The van der Waals surface area contributed by atoms with E-state index in [0.717, 1.165) is 35.2 Å². The van der Waals surface area contributed by atoms with E-state index in [1.165, 1.54) is 19.3 Å². The molecule has 2 amide bonds. The predicted octanol–water partition coefficient (Wildman–Crippen LogP) is 4.09. The minimum absolute atomic E-state index is 0.0591. The van der Waals surface area contributed by atoms with Crippen molar-refractivity contribution in [3.05, 3.63) is 59.6 Å². The van der Waals surface area contributed by atoms with Gasteiger partial charge in [0.25, 0.3) is 5.91 Å². The summed E-state index contributed by atoms with van der Waals surface area (Å²) in [5.41, 5.74) is 1.76. The number of rotatable bonds is 5. The molecule has 1 atom stereocenters. The van der Waals surface area contributed by atoms with Crippen molar-refractivity contribution in [2.75, 3.05) is 20.1 Å². The SMILES string of the molecule is CNC(=O)C1(Cc2cc(C3CCCCC3)no2)CCN(C(=O)c2ccc3ncccc3c2)C1. The molecule has 7 heteroatoms.